The van der Waals surface area contributed by atoms with Gasteiger partial charge in [0.15, 0.2) is 0 Å². The molecule has 2 N–H and O–H groups in total. The Labute approximate surface area is 133 Å². The molecule has 2 fully saturated rings. The summed E-state index contributed by atoms with van der Waals surface area (Å²) >= 11 is 0. The third-order valence-corrected chi connectivity index (χ3v) is 8.29. The summed E-state index contributed by atoms with van der Waals surface area (Å²) in [4.78, 5) is 18.9. The largest absolute Gasteiger partial charge is 0.352 e. The second-order valence-corrected chi connectivity index (χ2v) is 9.89. The zero-order valence-corrected chi connectivity index (χ0v) is 14.3. The fourth-order valence-electron chi connectivity index (χ4n) is 6.11. The fraction of sp³-hybridized carbons (Fsp3) is 0.778. The van der Waals surface area contributed by atoms with Crippen molar-refractivity contribution in [2.45, 2.75) is 64.7 Å². The number of hydrogen-bond donors (Lipinski definition) is 2. The molecule has 0 heterocycles. The minimum Gasteiger partial charge on any atom is -0.321 e. The Morgan fingerprint density at radius 1 is 1.14 bits per heavy atom. The van der Waals surface area contributed by atoms with E-state index in [1.165, 1.54) is 44.1 Å². The molecule has 0 radical (unpaired) electrons. The van der Waals surface area contributed by atoms with Gasteiger partial charge in [0, 0.05) is 5.31 Å². The third kappa shape index (κ3) is 2.28. The van der Waals surface area contributed by atoms with E-state index in [0.717, 1.165) is 24.7 Å². The summed E-state index contributed by atoms with van der Waals surface area (Å²) in [5.74, 6) is 2.44. The van der Waals surface area contributed by atoms with Crippen LogP contribution in [-0.4, -0.2) is 9.79 Å². The van der Waals surface area contributed by atoms with Crippen LogP contribution < -0.4 is 0 Å². The molecule has 4 aliphatic carbocycles. The van der Waals surface area contributed by atoms with Crippen molar-refractivity contribution in [3.8, 4) is 0 Å². The van der Waals surface area contributed by atoms with Gasteiger partial charge in [-0.1, -0.05) is 18.9 Å². The zero-order chi connectivity index (χ0) is 15.5. The van der Waals surface area contributed by atoms with Crippen LogP contribution in [0.15, 0.2) is 22.5 Å². The molecule has 4 atom stereocenters. The number of hydrogen-bond acceptors (Lipinski definition) is 1. The van der Waals surface area contributed by atoms with E-state index in [4.69, 9.17) is 0 Å². The molecule has 4 heteroatoms. The quantitative estimate of drug-likeness (QED) is 0.684. The molecule has 0 spiro atoms. The van der Waals surface area contributed by atoms with Gasteiger partial charge in [-0.15, -0.1) is 0 Å². The lowest BCUT2D eigenvalue weighted by molar-refractivity contribution is 0.0428. The van der Waals surface area contributed by atoms with Gasteiger partial charge in [-0.05, 0) is 86.2 Å². The van der Waals surface area contributed by atoms with Crippen LogP contribution in [0.1, 0.15) is 64.7 Å². The second kappa shape index (κ2) is 5.06. The first-order valence-corrected chi connectivity index (χ1v) is 10.5. The zero-order valence-electron chi connectivity index (χ0n) is 13.4. The molecule has 22 heavy (non-hydrogen) atoms. The van der Waals surface area contributed by atoms with Crippen LogP contribution in [0.2, 0.25) is 0 Å². The summed E-state index contributed by atoms with van der Waals surface area (Å²) in [7, 11) is -4.04. The van der Waals surface area contributed by atoms with E-state index in [-0.39, 0.29) is 0 Å². The summed E-state index contributed by atoms with van der Waals surface area (Å²) in [5.41, 5.74) is 3.41. The maximum absolute atomic E-state index is 11.5. The molecule has 2 saturated carbocycles. The van der Waals surface area contributed by atoms with Crippen molar-refractivity contribution < 1.29 is 14.4 Å². The first-order chi connectivity index (χ1) is 10.4. The van der Waals surface area contributed by atoms with Gasteiger partial charge in [-0.3, -0.25) is 4.57 Å². The van der Waals surface area contributed by atoms with Crippen molar-refractivity contribution in [3.63, 3.8) is 0 Å². The molecule has 122 valence electrons. The monoisotopic (exact) mass is 322 g/mol. The van der Waals surface area contributed by atoms with Gasteiger partial charge < -0.3 is 9.79 Å². The maximum Gasteiger partial charge on any atom is 0.352 e. The van der Waals surface area contributed by atoms with Gasteiger partial charge in [-0.2, -0.15) is 0 Å². The molecule has 3 unspecified atom stereocenters. The summed E-state index contributed by atoms with van der Waals surface area (Å²) in [6.07, 6.45) is 12.4. The van der Waals surface area contributed by atoms with Gasteiger partial charge in [-0.25, -0.2) is 0 Å². The number of rotatable bonds is 1. The highest BCUT2D eigenvalue weighted by Crippen LogP contribution is 2.62. The predicted octanol–water partition coefficient (Wildman–Crippen LogP) is 4.76. The molecule has 4 aliphatic rings. The lowest BCUT2D eigenvalue weighted by Gasteiger charge is -2.50. The van der Waals surface area contributed by atoms with E-state index >= 15 is 0 Å². The average molecular weight is 322 g/mol. The normalized spacial score (nSPS) is 41.6. The fourth-order valence-corrected chi connectivity index (χ4v) is 6.84. The highest BCUT2D eigenvalue weighted by molar-refractivity contribution is 7.56. The first-order valence-electron chi connectivity index (χ1n) is 8.87. The van der Waals surface area contributed by atoms with Crippen LogP contribution in [0, 0.1) is 23.2 Å². The van der Waals surface area contributed by atoms with Gasteiger partial charge >= 0.3 is 7.60 Å². The average Bonchev–Trinajstić information content (AvgIpc) is 2.87. The Morgan fingerprint density at radius 2 is 1.95 bits per heavy atom. The van der Waals surface area contributed by atoms with Crippen LogP contribution in [0.3, 0.4) is 0 Å². The van der Waals surface area contributed by atoms with Crippen LogP contribution >= 0.6 is 7.60 Å². The SMILES string of the molecule is C[C@@]12CCCC1C1CCC3=C(CCC(P(=O)(O)O)=C3)C1CC2. The van der Waals surface area contributed by atoms with E-state index in [0.29, 0.717) is 23.1 Å². The highest BCUT2D eigenvalue weighted by atomic mass is 31.2. The molecule has 0 saturated heterocycles. The van der Waals surface area contributed by atoms with Crippen LogP contribution in [-0.2, 0) is 4.57 Å². The van der Waals surface area contributed by atoms with Crippen molar-refractivity contribution in [2.75, 3.05) is 0 Å². The topological polar surface area (TPSA) is 57.5 Å². The molecular formula is C18H27O3P. The maximum atomic E-state index is 11.5. The van der Waals surface area contributed by atoms with Crippen LogP contribution in [0.25, 0.3) is 0 Å². The molecular weight excluding hydrogens is 295 g/mol. The Bertz CT molecular complexity index is 599. The summed E-state index contributed by atoms with van der Waals surface area (Å²) in [6.45, 7) is 2.51. The minimum absolute atomic E-state index is 0.367. The van der Waals surface area contributed by atoms with Crippen LogP contribution in [0.4, 0.5) is 0 Å². The molecule has 0 bridgehead atoms. The molecule has 0 aromatic heterocycles. The molecule has 0 aromatic rings. The molecule has 0 aliphatic heterocycles. The van der Waals surface area contributed by atoms with E-state index in [2.05, 4.69) is 6.92 Å². The van der Waals surface area contributed by atoms with Crippen molar-refractivity contribution in [3.05, 3.63) is 22.5 Å². The Hall–Kier alpha value is -0.370. The van der Waals surface area contributed by atoms with Gasteiger partial charge in [0.25, 0.3) is 0 Å². The van der Waals surface area contributed by atoms with E-state index < -0.39 is 7.60 Å². The molecule has 0 amide bonds. The third-order valence-electron chi connectivity index (χ3n) is 7.19. The van der Waals surface area contributed by atoms with Crippen molar-refractivity contribution in [1.82, 2.24) is 0 Å². The summed E-state index contributed by atoms with van der Waals surface area (Å²) in [6, 6.07) is 0. The van der Waals surface area contributed by atoms with Gasteiger partial charge in [0.05, 0.1) is 0 Å². The lowest BCUT2D eigenvalue weighted by atomic mass is 9.55. The lowest BCUT2D eigenvalue weighted by Crippen LogP contribution is -2.41. The van der Waals surface area contributed by atoms with E-state index in [9.17, 15) is 14.4 Å². The van der Waals surface area contributed by atoms with Crippen molar-refractivity contribution in [1.29, 1.82) is 0 Å². The Balaban J connectivity index is 1.66. The highest BCUT2D eigenvalue weighted by Gasteiger charge is 2.50. The standard InChI is InChI=1S/C18H27O3P/c1-18-9-2-3-17(18)16-6-4-12-11-13(22(19,20)21)5-7-14(12)15(16)8-10-18/h11,15-17H,2-10H2,1H3,(H2,19,20,21)/t15?,16?,17?,18-/m0/s1. The van der Waals surface area contributed by atoms with Crippen molar-refractivity contribution in [2.24, 2.45) is 23.2 Å². The smallest absolute Gasteiger partial charge is 0.321 e. The Morgan fingerprint density at radius 3 is 2.73 bits per heavy atom. The summed E-state index contributed by atoms with van der Waals surface area (Å²) in [5, 5.41) is 0.367. The molecule has 3 nitrogen and oxygen atoms in total. The van der Waals surface area contributed by atoms with E-state index in [1.807, 2.05) is 6.08 Å². The Kier molecular flexibility index (Phi) is 3.49. The molecule has 0 aromatic carbocycles. The van der Waals surface area contributed by atoms with Crippen LogP contribution in [0.5, 0.6) is 0 Å². The minimum atomic E-state index is -4.04. The number of fused-ring (bicyclic) bond motifs is 4. The predicted molar refractivity (Wildman–Crippen MR) is 87.3 cm³/mol. The second-order valence-electron chi connectivity index (χ2n) is 8.23. The van der Waals surface area contributed by atoms with Crippen molar-refractivity contribution >= 4 is 7.60 Å². The van der Waals surface area contributed by atoms with E-state index in [1.54, 1.807) is 5.57 Å². The summed E-state index contributed by atoms with van der Waals surface area (Å²) < 4.78 is 11.5. The van der Waals surface area contributed by atoms with Gasteiger partial charge in [0.1, 0.15) is 0 Å². The number of allylic oxidation sites excluding steroid dienone is 4. The first kappa shape index (κ1) is 15.2. The van der Waals surface area contributed by atoms with Gasteiger partial charge in [0.2, 0.25) is 0 Å². The molecule has 4 rings (SSSR count).